The minimum Gasteiger partial charge on any atom is -0.496 e. The molecular formula is C22H19ClN2O4. The predicted molar refractivity (Wildman–Crippen MR) is 113 cm³/mol. The molecule has 0 unspecified atom stereocenters. The summed E-state index contributed by atoms with van der Waals surface area (Å²) >= 11 is 5.81. The van der Waals surface area contributed by atoms with Crippen molar-refractivity contribution in [2.45, 2.75) is 0 Å². The highest BCUT2D eigenvalue weighted by Crippen LogP contribution is 2.21. The number of benzene rings is 3. The van der Waals surface area contributed by atoms with Crippen molar-refractivity contribution in [1.82, 2.24) is 0 Å². The summed E-state index contributed by atoms with van der Waals surface area (Å²) in [5, 5.41) is 6.11. The van der Waals surface area contributed by atoms with Gasteiger partial charge in [-0.1, -0.05) is 23.7 Å². The highest BCUT2D eigenvalue weighted by molar-refractivity contribution is 6.30. The van der Waals surface area contributed by atoms with Crippen molar-refractivity contribution in [2.24, 2.45) is 0 Å². The van der Waals surface area contributed by atoms with Gasteiger partial charge in [0.25, 0.3) is 11.8 Å². The van der Waals surface area contributed by atoms with Gasteiger partial charge in [-0.05, 0) is 60.7 Å². The summed E-state index contributed by atoms with van der Waals surface area (Å²) in [5.74, 6) is 0.433. The first kappa shape index (κ1) is 20.2. The number of methoxy groups -OCH3 is 1. The number of rotatable bonds is 7. The van der Waals surface area contributed by atoms with E-state index in [4.69, 9.17) is 21.1 Å². The molecule has 29 heavy (non-hydrogen) atoms. The van der Waals surface area contributed by atoms with Crippen molar-refractivity contribution >= 4 is 34.8 Å². The number of amides is 2. The van der Waals surface area contributed by atoms with E-state index in [1.165, 1.54) is 7.11 Å². The second-order valence-corrected chi connectivity index (χ2v) is 6.46. The number of hydrogen-bond acceptors (Lipinski definition) is 4. The zero-order valence-electron chi connectivity index (χ0n) is 15.6. The van der Waals surface area contributed by atoms with Crippen LogP contribution in [0.3, 0.4) is 0 Å². The van der Waals surface area contributed by atoms with Gasteiger partial charge in [0.05, 0.1) is 12.7 Å². The molecule has 0 heterocycles. The second kappa shape index (κ2) is 9.61. The van der Waals surface area contributed by atoms with Gasteiger partial charge >= 0.3 is 0 Å². The molecule has 0 saturated carbocycles. The highest BCUT2D eigenvalue weighted by Gasteiger charge is 2.11. The Labute approximate surface area is 173 Å². The van der Waals surface area contributed by atoms with Crippen molar-refractivity contribution < 1.29 is 19.1 Å². The summed E-state index contributed by atoms with van der Waals surface area (Å²) in [6.45, 7) is -0.143. The first-order valence-corrected chi connectivity index (χ1v) is 9.15. The molecule has 0 bridgehead atoms. The number of para-hydroxylation sites is 1. The molecule has 0 saturated heterocycles. The molecule has 0 aromatic heterocycles. The van der Waals surface area contributed by atoms with E-state index in [1.807, 2.05) is 0 Å². The summed E-state index contributed by atoms with van der Waals surface area (Å²) in [6, 6.07) is 20.5. The molecule has 0 aliphatic carbocycles. The lowest BCUT2D eigenvalue weighted by Gasteiger charge is -2.10. The summed E-state index contributed by atoms with van der Waals surface area (Å²) in [5.41, 5.74) is 1.67. The molecule has 2 N–H and O–H groups in total. The van der Waals surface area contributed by atoms with Gasteiger partial charge in [0.15, 0.2) is 6.61 Å². The van der Waals surface area contributed by atoms with Crippen molar-refractivity contribution in [2.75, 3.05) is 24.4 Å². The van der Waals surface area contributed by atoms with Crippen LogP contribution in [0.2, 0.25) is 5.02 Å². The molecule has 0 aliphatic rings. The highest BCUT2D eigenvalue weighted by atomic mass is 35.5. The van der Waals surface area contributed by atoms with Crippen LogP contribution in [0.15, 0.2) is 72.8 Å². The lowest BCUT2D eigenvalue weighted by Crippen LogP contribution is -2.20. The van der Waals surface area contributed by atoms with Gasteiger partial charge < -0.3 is 20.1 Å². The van der Waals surface area contributed by atoms with Gasteiger partial charge in [0.1, 0.15) is 11.5 Å². The Hall–Kier alpha value is -3.51. The molecule has 2 amide bonds. The maximum atomic E-state index is 12.4. The fourth-order valence-electron chi connectivity index (χ4n) is 2.54. The number of hydrogen-bond donors (Lipinski definition) is 2. The van der Waals surface area contributed by atoms with E-state index in [0.717, 1.165) is 0 Å². The largest absolute Gasteiger partial charge is 0.496 e. The average Bonchev–Trinajstić information content (AvgIpc) is 2.75. The molecule has 0 radical (unpaired) electrons. The Morgan fingerprint density at radius 3 is 2.17 bits per heavy atom. The van der Waals surface area contributed by atoms with Crippen LogP contribution in [0.1, 0.15) is 10.4 Å². The van der Waals surface area contributed by atoms with Gasteiger partial charge in [0.2, 0.25) is 0 Å². The van der Waals surface area contributed by atoms with Crippen LogP contribution >= 0.6 is 11.6 Å². The molecule has 0 atom stereocenters. The zero-order chi connectivity index (χ0) is 20.6. The number of carbonyl (C=O) groups is 2. The molecule has 3 aromatic rings. The minimum atomic E-state index is -0.291. The average molecular weight is 411 g/mol. The van der Waals surface area contributed by atoms with Gasteiger partial charge in [-0.2, -0.15) is 0 Å². The number of ether oxygens (including phenoxy) is 2. The summed E-state index contributed by atoms with van der Waals surface area (Å²) in [6.07, 6.45) is 0. The number of nitrogens with one attached hydrogen (secondary N) is 2. The summed E-state index contributed by atoms with van der Waals surface area (Å²) < 4.78 is 10.7. The molecule has 0 fully saturated rings. The topological polar surface area (TPSA) is 76.7 Å². The molecule has 0 aliphatic heterocycles. The maximum Gasteiger partial charge on any atom is 0.262 e. The van der Waals surface area contributed by atoms with E-state index in [0.29, 0.717) is 33.5 Å². The zero-order valence-corrected chi connectivity index (χ0v) is 16.4. The number of anilines is 2. The van der Waals surface area contributed by atoms with Gasteiger partial charge in [0, 0.05) is 16.4 Å². The fourth-order valence-corrected chi connectivity index (χ4v) is 2.67. The Morgan fingerprint density at radius 2 is 1.48 bits per heavy atom. The van der Waals surface area contributed by atoms with E-state index in [9.17, 15) is 9.59 Å². The van der Waals surface area contributed by atoms with Crippen LogP contribution in [-0.2, 0) is 4.79 Å². The van der Waals surface area contributed by atoms with Crippen LogP contribution in [0.25, 0.3) is 0 Å². The Morgan fingerprint density at radius 1 is 0.862 bits per heavy atom. The van der Waals surface area contributed by atoms with Crippen LogP contribution in [0.5, 0.6) is 11.5 Å². The third kappa shape index (κ3) is 5.73. The molecule has 7 heteroatoms. The standard InChI is InChI=1S/C22H19ClN2O4/c1-28-20-5-3-2-4-19(20)22(27)25-17-10-12-18(13-11-17)29-14-21(26)24-16-8-6-15(23)7-9-16/h2-13H,14H2,1H3,(H,24,26)(H,25,27). The Kier molecular flexibility index (Phi) is 6.71. The van der Waals surface area contributed by atoms with E-state index in [-0.39, 0.29) is 18.4 Å². The lowest BCUT2D eigenvalue weighted by atomic mass is 10.2. The molecular weight excluding hydrogens is 392 g/mol. The van der Waals surface area contributed by atoms with E-state index in [2.05, 4.69) is 10.6 Å². The SMILES string of the molecule is COc1ccccc1C(=O)Nc1ccc(OCC(=O)Nc2ccc(Cl)cc2)cc1. The first-order valence-electron chi connectivity index (χ1n) is 8.78. The van der Waals surface area contributed by atoms with Crippen molar-refractivity contribution in [1.29, 1.82) is 0 Å². The summed E-state index contributed by atoms with van der Waals surface area (Å²) in [4.78, 5) is 24.4. The van der Waals surface area contributed by atoms with Crippen LogP contribution in [0.4, 0.5) is 11.4 Å². The molecule has 148 valence electrons. The van der Waals surface area contributed by atoms with Crippen LogP contribution in [0, 0.1) is 0 Å². The van der Waals surface area contributed by atoms with Gasteiger partial charge in [-0.15, -0.1) is 0 Å². The predicted octanol–water partition coefficient (Wildman–Crippen LogP) is 4.62. The number of halogens is 1. The molecule has 0 spiro atoms. The van der Waals surface area contributed by atoms with Crippen molar-refractivity contribution in [3.8, 4) is 11.5 Å². The van der Waals surface area contributed by atoms with E-state index < -0.39 is 0 Å². The fraction of sp³-hybridized carbons (Fsp3) is 0.0909. The third-order valence-electron chi connectivity index (χ3n) is 3.96. The van der Waals surface area contributed by atoms with Crippen molar-refractivity contribution in [3.63, 3.8) is 0 Å². The summed E-state index contributed by atoms with van der Waals surface area (Å²) in [7, 11) is 1.52. The van der Waals surface area contributed by atoms with E-state index in [1.54, 1.807) is 72.8 Å². The van der Waals surface area contributed by atoms with Gasteiger partial charge in [-0.3, -0.25) is 9.59 Å². The Balaban J connectivity index is 1.52. The number of carbonyl (C=O) groups excluding carboxylic acids is 2. The molecule has 3 rings (SSSR count). The molecule has 6 nitrogen and oxygen atoms in total. The minimum absolute atomic E-state index is 0.143. The van der Waals surface area contributed by atoms with Gasteiger partial charge in [-0.25, -0.2) is 0 Å². The second-order valence-electron chi connectivity index (χ2n) is 6.02. The van der Waals surface area contributed by atoms with E-state index >= 15 is 0 Å². The lowest BCUT2D eigenvalue weighted by molar-refractivity contribution is -0.118. The monoisotopic (exact) mass is 410 g/mol. The third-order valence-corrected chi connectivity index (χ3v) is 4.21. The maximum absolute atomic E-state index is 12.4. The Bertz CT molecular complexity index is 988. The van der Waals surface area contributed by atoms with Crippen LogP contribution < -0.4 is 20.1 Å². The van der Waals surface area contributed by atoms with Crippen molar-refractivity contribution in [3.05, 3.63) is 83.4 Å². The quantitative estimate of drug-likeness (QED) is 0.596. The smallest absolute Gasteiger partial charge is 0.262 e. The normalized spacial score (nSPS) is 10.1. The molecule has 3 aromatic carbocycles. The first-order chi connectivity index (χ1) is 14.0. The van der Waals surface area contributed by atoms with Crippen LogP contribution in [-0.4, -0.2) is 25.5 Å².